The number of aliphatic carboxylic acids is 1. The zero-order valence-electron chi connectivity index (χ0n) is 7.16. The summed E-state index contributed by atoms with van der Waals surface area (Å²) in [7, 11) is 1.40. The number of hydrogen-bond donors (Lipinski definition) is 1. The largest absolute Gasteiger partial charge is 0.479 e. The molecule has 0 spiro atoms. The van der Waals surface area contributed by atoms with Crippen LogP contribution in [-0.4, -0.2) is 37.0 Å². The lowest BCUT2D eigenvalue weighted by Gasteiger charge is -2.26. The molecule has 4 nitrogen and oxygen atoms in total. The second-order valence-corrected chi connectivity index (χ2v) is 2.90. The third-order valence-corrected chi connectivity index (χ3v) is 2.05. The number of rotatable bonds is 3. The Kier molecular flexibility index (Phi) is 3.49. The lowest BCUT2D eigenvalue weighted by atomic mass is 10.0. The lowest BCUT2D eigenvalue weighted by Crippen LogP contribution is -2.39. The van der Waals surface area contributed by atoms with E-state index in [1.165, 1.54) is 7.11 Å². The fourth-order valence-electron chi connectivity index (χ4n) is 1.42. The van der Waals surface area contributed by atoms with Crippen LogP contribution in [-0.2, 0) is 14.3 Å². The Morgan fingerprint density at radius 1 is 1.67 bits per heavy atom. The topological polar surface area (TPSA) is 55.8 Å². The van der Waals surface area contributed by atoms with E-state index >= 15 is 0 Å². The molecule has 2 atom stereocenters. The molecule has 0 bridgehead atoms. The summed E-state index contributed by atoms with van der Waals surface area (Å²) in [5.41, 5.74) is 0. The normalized spacial score (nSPS) is 26.6. The molecule has 0 aliphatic carbocycles. The van der Waals surface area contributed by atoms with Crippen LogP contribution in [0.2, 0.25) is 0 Å². The molecule has 0 aromatic carbocycles. The first-order valence-electron chi connectivity index (χ1n) is 4.13. The molecule has 4 heteroatoms. The quantitative estimate of drug-likeness (QED) is 0.682. The van der Waals surface area contributed by atoms with Gasteiger partial charge < -0.3 is 14.6 Å². The molecular formula is C8H14O4. The zero-order chi connectivity index (χ0) is 8.97. The maximum atomic E-state index is 10.6. The number of hydrogen-bond acceptors (Lipinski definition) is 3. The highest BCUT2D eigenvalue weighted by Gasteiger charge is 2.29. The van der Waals surface area contributed by atoms with E-state index in [2.05, 4.69) is 0 Å². The Morgan fingerprint density at radius 3 is 2.83 bits per heavy atom. The van der Waals surface area contributed by atoms with E-state index in [1.807, 2.05) is 0 Å². The van der Waals surface area contributed by atoms with Gasteiger partial charge in [-0.05, 0) is 19.3 Å². The van der Waals surface area contributed by atoms with Gasteiger partial charge in [0, 0.05) is 13.7 Å². The van der Waals surface area contributed by atoms with Gasteiger partial charge in [0.25, 0.3) is 0 Å². The van der Waals surface area contributed by atoms with E-state index in [1.54, 1.807) is 0 Å². The molecule has 1 rings (SSSR count). The Labute approximate surface area is 71.5 Å². The molecule has 0 amide bonds. The Morgan fingerprint density at radius 2 is 2.42 bits per heavy atom. The van der Waals surface area contributed by atoms with Crippen molar-refractivity contribution in [1.82, 2.24) is 0 Å². The van der Waals surface area contributed by atoms with Crippen molar-refractivity contribution in [3.8, 4) is 0 Å². The summed E-state index contributed by atoms with van der Waals surface area (Å²) in [4.78, 5) is 10.6. The highest BCUT2D eigenvalue weighted by molar-refractivity contribution is 5.73. The number of carbonyl (C=O) groups is 1. The van der Waals surface area contributed by atoms with Crippen LogP contribution in [0.3, 0.4) is 0 Å². The zero-order valence-corrected chi connectivity index (χ0v) is 7.16. The van der Waals surface area contributed by atoms with Crippen LogP contribution in [0.5, 0.6) is 0 Å². The minimum Gasteiger partial charge on any atom is -0.479 e. The van der Waals surface area contributed by atoms with Gasteiger partial charge in [0.05, 0.1) is 6.10 Å². The van der Waals surface area contributed by atoms with Crippen LogP contribution < -0.4 is 0 Å². The second-order valence-electron chi connectivity index (χ2n) is 2.90. The summed E-state index contributed by atoms with van der Waals surface area (Å²) in [6.45, 7) is 0.651. The summed E-state index contributed by atoms with van der Waals surface area (Å²) < 4.78 is 10.1. The molecular weight excluding hydrogens is 160 g/mol. The maximum absolute atomic E-state index is 10.6. The number of carboxylic acid groups (broad SMARTS) is 1. The fourth-order valence-corrected chi connectivity index (χ4v) is 1.42. The summed E-state index contributed by atoms with van der Waals surface area (Å²) >= 11 is 0. The highest BCUT2D eigenvalue weighted by Crippen LogP contribution is 2.17. The van der Waals surface area contributed by atoms with E-state index in [0.29, 0.717) is 6.61 Å². The molecule has 0 saturated carbocycles. The monoisotopic (exact) mass is 174 g/mol. The van der Waals surface area contributed by atoms with Gasteiger partial charge in [0.2, 0.25) is 0 Å². The molecule has 1 saturated heterocycles. The molecule has 1 aliphatic heterocycles. The summed E-state index contributed by atoms with van der Waals surface area (Å²) in [5.74, 6) is -0.940. The molecule has 2 unspecified atom stereocenters. The summed E-state index contributed by atoms with van der Waals surface area (Å²) in [6, 6.07) is 0. The van der Waals surface area contributed by atoms with Gasteiger partial charge in [0.1, 0.15) is 0 Å². The van der Waals surface area contributed by atoms with Gasteiger partial charge >= 0.3 is 5.97 Å². The number of carboxylic acids is 1. The van der Waals surface area contributed by atoms with Gasteiger partial charge in [-0.15, -0.1) is 0 Å². The summed E-state index contributed by atoms with van der Waals surface area (Å²) in [5, 5.41) is 8.72. The number of ether oxygens (including phenoxy) is 2. The van der Waals surface area contributed by atoms with Crippen molar-refractivity contribution in [3.63, 3.8) is 0 Å². The average molecular weight is 174 g/mol. The van der Waals surface area contributed by atoms with Gasteiger partial charge in [-0.1, -0.05) is 0 Å². The third kappa shape index (κ3) is 2.19. The highest BCUT2D eigenvalue weighted by atomic mass is 16.5. The Bertz CT molecular complexity index is 151. The smallest absolute Gasteiger partial charge is 0.335 e. The van der Waals surface area contributed by atoms with Crippen molar-refractivity contribution < 1.29 is 19.4 Å². The molecule has 1 fully saturated rings. The minimum absolute atomic E-state index is 0.263. The third-order valence-electron chi connectivity index (χ3n) is 2.05. The van der Waals surface area contributed by atoms with E-state index in [9.17, 15) is 4.79 Å². The van der Waals surface area contributed by atoms with E-state index < -0.39 is 12.1 Å². The lowest BCUT2D eigenvalue weighted by molar-refractivity contribution is -0.161. The van der Waals surface area contributed by atoms with Crippen LogP contribution in [0.1, 0.15) is 19.3 Å². The molecule has 1 N–H and O–H groups in total. The van der Waals surface area contributed by atoms with E-state index in [0.717, 1.165) is 19.3 Å². The predicted molar refractivity (Wildman–Crippen MR) is 42.0 cm³/mol. The first-order chi connectivity index (χ1) is 5.75. The van der Waals surface area contributed by atoms with Crippen LogP contribution in [0.15, 0.2) is 0 Å². The molecule has 12 heavy (non-hydrogen) atoms. The Hall–Kier alpha value is -0.610. The van der Waals surface area contributed by atoms with Gasteiger partial charge in [-0.25, -0.2) is 4.79 Å². The maximum Gasteiger partial charge on any atom is 0.335 e. The predicted octanol–water partition coefficient (Wildman–Crippen LogP) is 0.655. The van der Waals surface area contributed by atoms with Gasteiger partial charge in [-0.2, -0.15) is 0 Å². The van der Waals surface area contributed by atoms with Crippen molar-refractivity contribution in [3.05, 3.63) is 0 Å². The average Bonchev–Trinajstić information content (AvgIpc) is 2.07. The molecule has 0 aromatic heterocycles. The summed E-state index contributed by atoms with van der Waals surface area (Å²) in [6.07, 6.45) is 1.77. The number of methoxy groups -OCH3 is 1. The van der Waals surface area contributed by atoms with Crippen molar-refractivity contribution >= 4 is 5.97 Å². The van der Waals surface area contributed by atoms with Crippen LogP contribution in [0, 0.1) is 0 Å². The molecule has 70 valence electrons. The van der Waals surface area contributed by atoms with Crippen LogP contribution >= 0.6 is 0 Å². The first-order valence-corrected chi connectivity index (χ1v) is 4.13. The van der Waals surface area contributed by atoms with Crippen LogP contribution in [0.4, 0.5) is 0 Å². The second kappa shape index (κ2) is 4.42. The van der Waals surface area contributed by atoms with E-state index in [-0.39, 0.29) is 6.10 Å². The van der Waals surface area contributed by atoms with Gasteiger partial charge in [-0.3, -0.25) is 0 Å². The SMILES string of the molecule is COC(C(=O)O)C1CCCCO1. The fraction of sp³-hybridized carbons (Fsp3) is 0.875. The van der Waals surface area contributed by atoms with E-state index in [4.69, 9.17) is 14.6 Å². The first kappa shape index (κ1) is 9.48. The Balaban J connectivity index is 2.46. The molecule has 0 aromatic rings. The standard InChI is InChI=1S/C8H14O4/c1-11-7(8(9)10)6-4-2-3-5-12-6/h6-7H,2-5H2,1H3,(H,9,10). The molecule has 1 aliphatic rings. The van der Waals surface area contributed by atoms with Crippen molar-refractivity contribution in [2.24, 2.45) is 0 Å². The van der Waals surface area contributed by atoms with Gasteiger partial charge in [0.15, 0.2) is 6.10 Å². The van der Waals surface area contributed by atoms with Crippen molar-refractivity contribution in [2.45, 2.75) is 31.5 Å². The molecule has 0 radical (unpaired) electrons. The van der Waals surface area contributed by atoms with Crippen LogP contribution in [0.25, 0.3) is 0 Å². The van der Waals surface area contributed by atoms with Crippen molar-refractivity contribution in [1.29, 1.82) is 0 Å². The van der Waals surface area contributed by atoms with Crippen molar-refractivity contribution in [2.75, 3.05) is 13.7 Å². The molecule has 1 heterocycles. The minimum atomic E-state index is -0.940.